The molecule has 0 spiro atoms. The van der Waals surface area contributed by atoms with Gasteiger partial charge in [-0.2, -0.15) is 0 Å². The molecule has 3 rings (SSSR count). The van der Waals surface area contributed by atoms with Crippen LogP contribution in [0.3, 0.4) is 0 Å². The first-order valence-corrected chi connectivity index (χ1v) is 14.5. The van der Waals surface area contributed by atoms with Crippen molar-refractivity contribution in [2.45, 2.75) is 111 Å². The number of amides is 3. The molecule has 0 bridgehead atoms. The van der Waals surface area contributed by atoms with E-state index in [9.17, 15) is 14.4 Å². The molecule has 40 heavy (non-hydrogen) atoms. The Hall–Kier alpha value is -3.35. The normalized spacial score (nSPS) is 18.7. The number of hydrogen-bond acceptors (Lipinski definition) is 4. The van der Waals surface area contributed by atoms with Crippen molar-refractivity contribution < 1.29 is 19.1 Å². The summed E-state index contributed by atoms with van der Waals surface area (Å²) in [6.07, 6.45) is 2.21. The Bertz CT molecular complexity index is 1150. The van der Waals surface area contributed by atoms with Gasteiger partial charge in [-0.25, -0.2) is 4.79 Å². The monoisotopic (exact) mass is 549 g/mol. The van der Waals surface area contributed by atoms with E-state index in [2.05, 4.69) is 24.5 Å². The van der Waals surface area contributed by atoms with E-state index in [0.29, 0.717) is 0 Å². The van der Waals surface area contributed by atoms with E-state index in [1.165, 1.54) is 0 Å². The third-order valence-electron chi connectivity index (χ3n) is 7.40. The molecule has 3 amide bonds. The first-order valence-electron chi connectivity index (χ1n) is 14.5. The number of carbonyl (C=O) groups is 3. The first kappa shape index (κ1) is 31.2. The molecule has 7 heteroatoms. The van der Waals surface area contributed by atoms with E-state index in [4.69, 9.17) is 4.74 Å². The Labute approximate surface area is 240 Å². The van der Waals surface area contributed by atoms with E-state index in [-0.39, 0.29) is 36.2 Å². The molecular formula is C33H47N3O4. The van der Waals surface area contributed by atoms with Gasteiger partial charge >= 0.3 is 6.09 Å². The number of benzene rings is 2. The van der Waals surface area contributed by atoms with Crippen LogP contribution in [0.5, 0.6) is 0 Å². The van der Waals surface area contributed by atoms with Gasteiger partial charge in [0, 0.05) is 18.5 Å². The quantitative estimate of drug-likeness (QED) is 0.359. The van der Waals surface area contributed by atoms with Gasteiger partial charge < -0.3 is 20.3 Å². The topological polar surface area (TPSA) is 87.7 Å². The van der Waals surface area contributed by atoms with Gasteiger partial charge in [-0.3, -0.25) is 9.59 Å². The number of aryl methyl sites for hydroxylation is 2. The largest absolute Gasteiger partial charge is 0.444 e. The van der Waals surface area contributed by atoms with Crippen molar-refractivity contribution in [3.8, 4) is 0 Å². The first-order chi connectivity index (χ1) is 18.8. The summed E-state index contributed by atoms with van der Waals surface area (Å²) in [6, 6.07) is 13.7. The minimum Gasteiger partial charge on any atom is -0.444 e. The van der Waals surface area contributed by atoms with Crippen LogP contribution in [0.25, 0.3) is 0 Å². The van der Waals surface area contributed by atoms with Gasteiger partial charge in [0.15, 0.2) is 0 Å². The highest BCUT2D eigenvalue weighted by molar-refractivity contribution is 5.93. The number of hydrogen-bond donors (Lipinski definition) is 2. The molecule has 5 unspecified atom stereocenters. The summed E-state index contributed by atoms with van der Waals surface area (Å²) in [5.74, 6) is -0.230. The number of alkyl carbamates (subject to hydrolysis) is 1. The second-order valence-corrected chi connectivity index (χ2v) is 12.3. The maximum absolute atomic E-state index is 14.6. The van der Waals surface area contributed by atoms with Crippen LogP contribution in [0.4, 0.5) is 4.79 Å². The molecule has 2 N–H and O–H groups in total. The Morgan fingerprint density at radius 1 is 1.00 bits per heavy atom. The maximum Gasteiger partial charge on any atom is 0.408 e. The summed E-state index contributed by atoms with van der Waals surface area (Å²) in [6.45, 7) is 15.5. The Balaban J connectivity index is 2.08. The Morgan fingerprint density at radius 3 is 2.12 bits per heavy atom. The highest BCUT2D eigenvalue weighted by atomic mass is 16.6. The van der Waals surface area contributed by atoms with Crippen LogP contribution in [0.2, 0.25) is 0 Å². The van der Waals surface area contributed by atoms with Crippen LogP contribution >= 0.6 is 0 Å². The van der Waals surface area contributed by atoms with Crippen molar-refractivity contribution in [1.29, 1.82) is 0 Å². The molecule has 1 fully saturated rings. The fourth-order valence-electron chi connectivity index (χ4n) is 5.33. The van der Waals surface area contributed by atoms with Crippen LogP contribution < -0.4 is 10.6 Å². The van der Waals surface area contributed by atoms with Crippen LogP contribution in [0.1, 0.15) is 89.1 Å². The minimum atomic E-state index is -0.905. The molecule has 1 aliphatic carbocycles. The molecule has 0 aromatic heterocycles. The average Bonchev–Trinajstić information content (AvgIpc) is 3.57. The van der Waals surface area contributed by atoms with Gasteiger partial charge in [-0.15, -0.1) is 0 Å². The zero-order chi connectivity index (χ0) is 29.6. The second kappa shape index (κ2) is 13.3. The second-order valence-electron chi connectivity index (χ2n) is 12.3. The summed E-state index contributed by atoms with van der Waals surface area (Å²) < 4.78 is 5.54. The lowest BCUT2D eigenvalue weighted by Crippen LogP contribution is -2.55. The lowest BCUT2D eigenvalue weighted by molar-refractivity contribution is -0.143. The van der Waals surface area contributed by atoms with E-state index >= 15 is 0 Å². The molecule has 0 heterocycles. The fourth-order valence-corrected chi connectivity index (χ4v) is 5.33. The minimum absolute atomic E-state index is 0.0297. The maximum atomic E-state index is 14.6. The molecular weight excluding hydrogens is 502 g/mol. The van der Waals surface area contributed by atoms with Crippen molar-refractivity contribution in [2.24, 2.45) is 5.92 Å². The summed E-state index contributed by atoms with van der Waals surface area (Å²) in [5.41, 5.74) is 2.94. The molecule has 1 saturated carbocycles. The van der Waals surface area contributed by atoms with E-state index in [1.807, 2.05) is 69.3 Å². The molecule has 0 radical (unpaired) electrons. The predicted molar refractivity (Wildman–Crippen MR) is 159 cm³/mol. The lowest BCUT2D eigenvalue weighted by atomic mass is 9.92. The Morgan fingerprint density at radius 2 is 1.60 bits per heavy atom. The third-order valence-corrected chi connectivity index (χ3v) is 7.40. The number of ether oxygens (including phenoxy) is 1. The van der Waals surface area contributed by atoms with Gasteiger partial charge in [0.1, 0.15) is 17.7 Å². The van der Waals surface area contributed by atoms with Gasteiger partial charge in [0.05, 0.1) is 0 Å². The molecule has 2 aromatic carbocycles. The van der Waals surface area contributed by atoms with Crippen molar-refractivity contribution in [1.82, 2.24) is 15.5 Å². The van der Waals surface area contributed by atoms with Gasteiger partial charge in [-0.1, -0.05) is 68.8 Å². The van der Waals surface area contributed by atoms with Crippen LogP contribution in [0, 0.1) is 19.8 Å². The van der Waals surface area contributed by atoms with Gasteiger partial charge in [0.25, 0.3) is 0 Å². The molecule has 0 saturated heterocycles. The Kier molecular flexibility index (Phi) is 10.4. The zero-order valence-corrected chi connectivity index (χ0v) is 25.4. The van der Waals surface area contributed by atoms with Crippen molar-refractivity contribution >= 4 is 17.9 Å². The summed E-state index contributed by atoms with van der Waals surface area (Å²) in [7, 11) is 0. The third kappa shape index (κ3) is 8.33. The van der Waals surface area contributed by atoms with Crippen LogP contribution in [-0.2, 0) is 20.7 Å². The zero-order valence-electron chi connectivity index (χ0n) is 25.4. The number of rotatable bonds is 11. The smallest absolute Gasteiger partial charge is 0.408 e. The molecule has 2 aromatic rings. The average molecular weight is 550 g/mol. The standard InChI is InChI=1S/C33H47N3O4/c1-9-14-24(5)34-30(37)29(28-21(2)15-13-16-22(28)3)36(27-19-23(27)4)31(38)26(20-25-17-11-10-12-18-25)35-32(39)40-33(6,7)8/h10-13,15-18,23-24,26-27,29H,9,14,19-20H2,1-8H3,(H,34,37)(H,35,39). The highest BCUT2D eigenvalue weighted by Gasteiger charge is 2.49. The SMILES string of the molecule is CCCC(C)NC(=O)C(c1c(C)cccc1C)N(C(=O)C(Cc1ccccc1)NC(=O)OC(C)(C)C)C1CC1C. The summed E-state index contributed by atoms with van der Waals surface area (Å²) >= 11 is 0. The van der Waals surface area contributed by atoms with Gasteiger partial charge in [-0.05, 0) is 82.6 Å². The van der Waals surface area contributed by atoms with Crippen molar-refractivity contribution in [2.75, 3.05) is 0 Å². The van der Waals surface area contributed by atoms with Crippen molar-refractivity contribution in [3.63, 3.8) is 0 Å². The van der Waals surface area contributed by atoms with E-state index in [1.54, 1.807) is 25.7 Å². The molecule has 0 aliphatic heterocycles. The fraction of sp³-hybridized carbons (Fsp3) is 0.545. The number of carbonyl (C=O) groups excluding carboxylic acids is 3. The van der Waals surface area contributed by atoms with Crippen molar-refractivity contribution in [3.05, 3.63) is 70.8 Å². The lowest BCUT2D eigenvalue weighted by Gasteiger charge is -2.37. The summed E-state index contributed by atoms with van der Waals surface area (Å²) in [4.78, 5) is 43.4. The highest BCUT2D eigenvalue weighted by Crippen LogP contribution is 2.42. The van der Waals surface area contributed by atoms with Crippen LogP contribution in [-0.4, -0.2) is 46.5 Å². The molecule has 5 atom stereocenters. The molecule has 7 nitrogen and oxygen atoms in total. The van der Waals surface area contributed by atoms with E-state index in [0.717, 1.165) is 41.5 Å². The van der Waals surface area contributed by atoms with E-state index < -0.39 is 23.8 Å². The predicted octanol–water partition coefficient (Wildman–Crippen LogP) is 6.02. The molecule has 218 valence electrons. The number of nitrogens with zero attached hydrogens (tertiary/aromatic N) is 1. The van der Waals surface area contributed by atoms with Crippen LogP contribution in [0.15, 0.2) is 48.5 Å². The van der Waals surface area contributed by atoms with Gasteiger partial charge in [0.2, 0.25) is 11.8 Å². The molecule has 1 aliphatic rings. The summed E-state index contributed by atoms with van der Waals surface area (Å²) in [5, 5.41) is 6.03. The number of nitrogens with one attached hydrogen (secondary N) is 2.